The molecule has 1 aromatic rings. The van der Waals surface area contributed by atoms with Gasteiger partial charge in [-0.25, -0.2) is 0 Å². The zero-order valence-corrected chi connectivity index (χ0v) is 9.12. The molecule has 0 aromatic heterocycles. The van der Waals surface area contributed by atoms with Crippen LogP contribution in [0.25, 0.3) is 0 Å². The van der Waals surface area contributed by atoms with E-state index in [0.717, 1.165) is 0 Å². The van der Waals surface area contributed by atoms with Gasteiger partial charge in [0, 0.05) is 0 Å². The number of nitrogens with zero attached hydrogens (tertiary/aromatic N) is 1. The highest BCUT2D eigenvalue weighted by Crippen LogP contribution is 2.57. The molecule has 14 heavy (non-hydrogen) atoms. The third-order valence-corrected chi connectivity index (χ3v) is 4.04. The molecule has 1 fully saturated rings. The normalized spacial score (nSPS) is 40.6. The quantitative estimate of drug-likeness (QED) is 0.508. The maximum atomic E-state index is 3.92. The summed E-state index contributed by atoms with van der Waals surface area (Å²) in [6.07, 6.45) is 2.04. The summed E-state index contributed by atoms with van der Waals surface area (Å²) in [7, 11) is 2.15. The highest BCUT2D eigenvalue weighted by Gasteiger charge is 2.65. The molecule has 0 radical (unpaired) electrons. The smallest absolute Gasteiger partial charge is 0.0656 e. The highest BCUT2D eigenvalue weighted by molar-refractivity contribution is 5.41. The Bertz CT molecular complexity index is 357. The van der Waals surface area contributed by atoms with Crippen LogP contribution in [0.4, 0.5) is 0 Å². The topological polar surface area (TPSA) is 3.01 Å². The first-order chi connectivity index (χ1) is 6.57. The van der Waals surface area contributed by atoms with Crippen molar-refractivity contribution in [3.05, 3.63) is 48.6 Å². The molecule has 1 aliphatic heterocycles. The molecule has 1 saturated heterocycles. The van der Waals surface area contributed by atoms with Crippen LogP contribution in [0, 0.1) is 0 Å². The maximum Gasteiger partial charge on any atom is 0.0656 e. The fraction of sp³-hybridized carbons (Fsp3) is 0.385. The maximum absolute atomic E-state index is 3.92. The van der Waals surface area contributed by atoms with Gasteiger partial charge >= 0.3 is 0 Å². The minimum atomic E-state index is 0.106. The Kier molecular flexibility index (Phi) is 1.83. The van der Waals surface area contributed by atoms with E-state index >= 15 is 0 Å². The number of hydrogen-bond acceptors (Lipinski definition) is 1. The third kappa shape index (κ3) is 0.881. The van der Waals surface area contributed by atoms with Crippen LogP contribution >= 0.6 is 0 Å². The van der Waals surface area contributed by atoms with Crippen molar-refractivity contribution in [3.8, 4) is 0 Å². The van der Waals surface area contributed by atoms with Crippen LogP contribution in [0.2, 0.25) is 0 Å². The van der Waals surface area contributed by atoms with E-state index in [2.05, 4.69) is 62.7 Å². The van der Waals surface area contributed by atoms with Gasteiger partial charge < -0.3 is 0 Å². The molecule has 3 atom stereocenters. The average Bonchev–Trinajstić information content (AvgIpc) is 2.68. The van der Waals surface area contributed by atoms with Gasteiger partial charge in [0.05, 0.1) is 11.1 Å². The van der Waals surface area contributed by atoms with Crippen LogP contribution in [0.3, 0.4) is 0 Å². The monoisotopic (exact) mass is 187 g/mol. The molecule has 2 rings (SSSR count). The van der Waals surface area contributed by atoms with Crippen LogP contribution in [0.5, 0.6) is 0 Å². The molecule has 0 saturated carbocycles. The second-order valence-corrected chi connectivity index (χ2v) is 4.35. The van der Waals surface area contributed by atoms with Gasteiger partial charge in [-0.2, -0.15) is 0 Å². The van der Waals surface area contributed by atoms with E-state index in [1.165, 1.54) is 5.56 Å². The third-order valence-electron chi connectivity index (χ3n) is 4.04. The van der Waals surface area contributed by atoms with Crippen molar-refractivity contribution in [2.75, 3.05) is 7.05 Å². The Morgan fingerprint density at radius 1 is 1.21 bits per heavy atom. The first-order valence-corrected chi connectivity index (χ1v) is 5.00. The molecule has 0 amide bonds. The van der Waals surface area contributed by atoms with Crippen LogP contribution in [-0.4, -0.2) is 17.5 Å². The largest absolute Gasteiger partial charge is 0.284 e. The molecule has 1 nitrogen and oxygen atoms in total. The Morgan fingerprint density at radius 2 is 1.79 bits per heavy atom. The first-order valence-electron chi connectivity index (χ1n) is 5.00. The number of likely N-dealkylation sites (N-methyl/N-ethyl adjacent to an activating group) is 1. The van der Waals surface area contributed by atoms with Gasteiger partial charge in [0.1, 0.15) is 0 Å². The van der Waals surface area contributed by atoms with Crippen LogP contribution in [-0.2, 0) is 5.54 Å². The van der Waals surface area contributed by atoms with Crippen molar-refractivity contribution >= 4 is 0 Å². The summed E-state index contributed by atoms with van der Waals surface area (Å²) >= 11 is 0. The van der Waals surface area contributed by atoms with E-state index in [4.69, 9.17) is 0 Å². The van der Waals surface area contributed by atoms with Crippen LogP contribution in [0.15, 0.2) is 43.0 Å². The fourth-order valence-electron chi connectivity index (χ4n) is 2.41. The lowest BCUT2D eigenvalue weighted by molar-refractivity contribution is 0.502. The van der Waals surface area contributed by atoms with Crippen LogP contribution < -0.4 is 0 Å². The summed E-state index contributed by atoms with van der Waals surface area (Å²) in [4.78, 5) is 2.35. The van der Waals surface area contributed by atoms with Crippen molar-refractivity contribution in [2.24, 2.45) is 0 Å². The van der Waals surface area contributed by atoms with Gasteiger partial charge in [0.15, 0.2) is 0 Å². The fourth-order valence-corrected chi connectivity index (χ4v) is 2.41. The summed E-state index contributed by atoms with van der Waals surface area (Å²) in [5.74, 6) is 0. The molecule has 74 valence electrons. The molecule has 0 bridgehead atoms. The molecule has 1 aliphatic rings. The lowest BCUT2D eigenvalue weighted by Gasteiger charge is -2.12. The predicted molar refractivity (Wildman–Crippen MR) is 60.2 cm³/mol. The van der Waals surface area contributed by atoms with Crippen LogP contribution in [0.1, 0.15) is 19.4 Å². The number of benzene rings is 1. The summed E-state index contributed by atoms with van der Waals surface area (Å²) < 4.78 is 0. The molecule has 0 spiro atoms. The lowest BCUT2D eigenvalue weighted by atomic mass is 9.89. The van der Waals surface area contributed by atoms with Crippen molar-refractivity contribution in [3.63, 3.8) is 0 Å². The van der Waals surface area contributed by atoms with E-state index in [1.807, 2.05) is 6.08 Å². The van der Waals surface area contributed by atoms with Crippen molar-refractivity contribution < 1.29 is 0 Å². The SMILES string of the molecule is C=CC1(C)N(C)C1(C)c1ccccc1. The summed E-state index contributed by atoms with van der Waals surface area (Å²) in [6, 6.07) is 10.6. The minimum Gasteiger partial charge on any atom is -0.284 e. The summed E-state index contributed by atoms with van der Waals surface area (Å²) in [5, 5.41) is 0. The Balaban J connectivity index is 2.43. The Hall–Kier alpha value is -1.08. The zero-order chi connectivity index (χ0) is 10.4. The van der Waals surface area contributed by atoms with Crippen molar-refractivity contribution in [1.82, 2.24) is 4.90 Å². The molecule has 3 unspecified atom stereocenters. The predicted octanol–water partition coefficient (Wildman–Crippen LogP) is 2.79. The van der Waals surface area contributed by atoms with Crippen molar-refractivity contribution in [2.45, 2.75) is 24.9 Å². The molecular weight excluding hydrogens is 170 g/mol. The van der Waals surface area contributed by atoms with E-state index < -0.39 is 0 Å². The van der Waals surface area contributed by atoms with Gasteiger partial charge in [-0.1, -0.05) is 36.4 Å². The van der Waals surface area contributed by atoms with Crippen molar-refractivity contribution in [1.29, 1.82) is 0 Å². The lowest BCUT2D eigenvalue weighted by Crippen LogP contribution is -2.14. The highest BCUT2D eigenvalue weighted by atomic mass is 15.4. The second-order valence-electron chi connectivity index (χ2n) is 4.35. The average molecular weight is 187 g/mol. The van der Waals surface area contributed by atoms with Gasteiger partial charge in [0.2, 0.25) is 0 Å². The molecule has 0 aliphatic carbocycles. The standard InChI is InChI=1S/C13H17N/c1-5-12(2)13(3,14(12)4)11-9-7-6-8-10-11/h5-10H,1H2,2-4H3. The number of hydrogen-bond donors (Lipinski definition) is 0. The molecule has 1 heteroatoms. The van der Waals surface area contributed by atoms with E-state index in [0.29, 0.717) is 0 Å². The summed E-state index contributed by atoms with van der Waals surface area (Å²) in [6.45, 7) is 8.42. The Labute approximate surface area is 86.1 Å². The zero-order valence-electron chi connectivity index (χ0n) is 9.12. The van der Waals surface area contributed by atoms with Gasteiger partial charge in [-0.15, -0.1) is 6.58 Å². The molecule has 1 heterocycles. The molecule has 0 N–H and O–H groups in total. The molecule has 1 aromatic carbocycles. The number of rotatable bonds is 2. The first kappa shape index (κ1) is 9.47. The van der Waals surface area contributed by atoms with E-state index in [9.17, 15) is 0 Å². The van der Waals surface area contributed by atoms with Gasteiger partial charge in [0.25, 0.3) is 0 Å². The summed E-state index contributed by atoms with van der Waals surface area (Å²) in [5.41, 5.74) is 1.59. The van der Waals surface area contributed by atoms with Gasteiger partial charge in [-0.05, 0) is 26.5 Å². The second kappa shape index (κ2) is 2.71. The van der Waals surface area contributed by atoms with E-state index in [-0.39, 0.29) is 11.1 Å². The minimum absolute atomic E-state index is 0.106. The van der Waals surface area contributed by atoms with Gasteiger partial charge in [-0.3, -0.25) is 4.90 Å². The van der Waals surface area contributed by atoms with E-state index in [1.54, 1.807) is 0 Å². The Morgan fingerprint density at radius 3 is 2.21 bits per heavy atom. The molecular formula is C13H17N.